The van der Waals surface area contributed by atoms with E-state index in [-0.39, 0.29) is 11.8 Å². The summed E-state index contributed by atoms with van der Waals surface area (Å²) in [6.07, 6.45) is 0. The van der Waals surface area contributed by atoms with Crippen molar-refractivity contribution in [2.75, 3.05) is 19.3 Å². The van der Waals surface area contributed by atoms with Gasteiger partial charge in [-0.2, -0.15) is 0 Å². The number of imidazole rings is 1. The minimum atomic E-state index is 0.0884. The number of likely N-dealkylation sites (N-methyl/N-ethyl adjacent to an activating group) is 1. The Morgan fingerprint density at radius 3 is 2.75 bits per heavy atom. The number of benzene rings is 1. The van der Waals surface area contributed by atoms with E-state index in [0.29, 0.717) is 18.8 Å². The minimum absolute atomic E-state index is 0.0884. The zero-order chi connectivity index (χ0) is 14.9. The summed E-state index contributed by atoms with van der Waals surface area (Å²) in [5, 5.41) is 0. The van der Waals surface area contributed by atoms with E-state index >= 15 is 0 Å². The number of aromatic nitrogens is 2. The molecule has 108 valence electrons. The smallest absolute Gasteiger partial charge is 0.242 e. The van der Waals surface area contributed by atoms with Gasteiger partial charge in [0.25, 0.3) is 0 Å². The molecule has 0 aliphatic heterocycles. The minimum Gasteiger partial charge on any atom is -0.399 e. The van der Waals surface area contributed by atoms with E-state index in [1.54, 1.807) is 4.90 Å². The average Bonchev–Trinajstić information content (AvgIpc) is 2.75. The molecule has 1 aromatic heterocycles. The number of fused-ring (bicyclic) bond motifs is 1. The molecular weight excluding hydrogens is 252 g/mol. The molecule has 0 saturated heterocycles. The molecule has 0 aliphatic rings. The Kier molecular flexibility index (Phi) is 3.97. The molecule has 5 heteroatoms. The van der Waals surface area contributed by atoms with Gasteiger partial charge in [0.1, 0.15) is 12.4 Å². The van der Waals surface area contributed by atoms with Crippen LogP contribution in [0.3, 0.4) is 0 Å². The molecule has 1 aromatic carbocycles. The lowest BCUT2D eigenvalue weighted by Gasteiger charge is -2.17. The lowest BCUT2D eigenvalue weighted by atomic mass is 10.2. The number of nitrogens with two attached hydrogens (primary N) is 1. The summed E-state index contributed by atoms with van der Waals surface area (Å²) < 4.78 is 1.99. The number of hydrogen-bond acceptors (Lipinski definition) is 3. The lowest BCUT2D eigenvalue weighted by molar-refractivity contribution is -0.130. The predicted molar refractivity (Wildman–Crippen MR) is 81.5 cm³/mol. The van der Waals surface area contributed by atoms with Crippen molar-refractivity contribution < 1.29 is 4.79 Å². The highest BCUT2D eigenvalue weighted by Gasteiger charge is 2.17. The third-order valence-electron chi connectivity index (χ3n) is 3.51. The Hall–Kier alpha value is -2.04. The number of carbonyl (C=O) groups excluding carboxylic acids is 1. The number of nitrogen functional groups attached to an aromatic ring is 1. The van der Waals surface area contributed by atoms with Crippen LogP contribution >= 0.6 is 0 Å². The monoisotopic (exact) mass is 274 g/mol. The second-order valence-electron chi connectivity index (χ2n) is 5.37. The van der Waals surface area contributed by atoms with Crippen LogP contribution in [0.1, 0.15) is 32.5 Å². The maximum Gasteiger partial charge on any atom is 0.242 e. The number of anilines is 1. The van der Waals surface area contributed by atoms with E-state index in [9.17, 15) is 4.79 Å². The van der Waals surface area contributed by atoms with Gasteiger partial charge in [-0.1, -0.05) is 13.8 Å². The molecular formula is C15H22N4O. The van der Waals surface area contributed by atoms with Crippen molar-refractivity contribution in [3.05, 3.63) is 24.0 Å². The Balaban J connectivity index is 2.49. The molecule has 0 bridgehead atoms. The molecule has 1 amide bonds. The average molecular weight is 274 g/mol. The third kappa shape index (κ3) is 2.61. The molecule has 0 saturated carbocycles. The molecule has 2 N–H and O–H groups in total. The molecule has 5 nitrogen and oxygen atoms in total. The fourth-order valence-corrected chi connectivity index (χ4v) is 2.20. The van der Waals surface area contributed by atoms with E-state index in [1.165, 1.54) is 0 Å². The Morgan fingerprint density at radius 1 is 1.45 bits per heavy atom. The van der Waals surface area contributed by atoms with Crippen molar-refractivity contribution >= 4 is 22.6 Å². The van der Waals surface area contributed by atoms with Crippen LogP contribution in [0, 0.1) is 0 Å². The lowest BCUT2D eigenvalue weighted by Crippen LogP contribution is -2.30. The topological polar surface area (TPSA) is 64.2 Å². The highest BCUT2D eigenvalue weighted by Crippen LogP contribution is 2.23. The number of amides is 1. The molecule has 2 aromatic rings. The van der Waals surface area contributed by atoms with Crippen LogP contribution < -0.4 is 5.73 Å². The highest BCUT2D eigenvalue weighted by molar-refractivity contribution is 5.83. The molecule has 0 fully saturated rings. The highest BCUT2D eigenvalue weighted by atomic mass is 16.2. The maximum absolute atomic E-state index is 12.2. The zero-order valence-corrected chi connectivity index (χ0v) is 12.6. The molecule has 20 heavy (non-hydrogen) atoms. The summed E-state index contributed by atoms with van der Waals surface area (Å²) in [4.78, 5) is 18.5. The standard InChI is InChI=1S/C15H22N4O/c1-5-18(4)14(20)9-19-13-7-6-11(16)8-12(13)17-15(19)10(2)3/h6-8,10H,5,9,16H2,1-4H3. The fourth-order valence-electron chi connectivity index (χ4n) is 2.20. The number of rotatable bonds is 4. The molecule has 0 spiro atoms. The van der Waals surface area contributed by atoms with Crippen LogP contribution in [0.5, 0.6) is 0 Å². The van der Waals surface area contributed by atoms with E-state index in [1.807, 2.05) is 36.7 Å². The summed E-state index contributed by atoms with van der Waals surface area (Å²) in [6.45, 7) is 7.14. The van der Waals surface area contributed by atoms with Gasteiger partial charge in [-0.15, -0.1) is 0 Å². The van der Waals surface area contributed by atoms with Crippen molar-refractivity contribution in [3.8, 4) is 0 Å². The molecule has 0 atom stereocenters. The molecule has 2 rings (SSSR count). The largest absolute Gasteiger partial charge is 0.399 e. The number of nitrogens with zero attached hydrogens (tertiary/aromatic N) is 3. The first-order valence-electron chi connectivity index (χ1n) is 6.93. The number of carbonyl (C=O) groups is 1. The molecule has 0 unspecified atom stereocenters. The van der Waals surface area contributed by atoms with Gasteiger partial charge in [-0.3, -0.25) is 4.79 Å². The SMILES string of the molecule is CCN(C)C(=O)Cn1c(C(C)C)nc2cc(N)ccc21. The first-order chi connectivity index (χ1) is 9.43. The van der Waals surface area contributed by atoms with Crippen molar-refractivity contribution in [1.29, 1.82) is 0 Å². The summed E-state index contributed by atoms with van der Waals surface area (Å²) in [5.74, 6) is 1.26. The second-order valence-corrected chi connectivity index (χ2v) is 5.37. The van der Waals surface area contributed by atoms with Gasteiger partial charge in [0.05, 0.1) is 11.0 Å². The van der Waals surface area contributed by atoms with Gasteiger partial charge < -0.3 is 15.2 Å². The summed E-state index contributed by atoms with van der Waals surface area (Å²) in [5.41, 5.74) is 8.30. The maximum atomic E-state index is 12.2. The summed E-state index contributed by atoms with van der Waals surface area (Å²) in [6, 6.07) is 5.63. The Bertz CT molecular complexity index is 630. The Labute approximate surface area is 119 Å². The first kappa shape index (κ1) is 14.4. The normalized spacial score (nSPS) is 11.2. The van der Waals surface area contributed by atoms with Gasteiger partial charge in [-0.25, -0.2) is 4.98 Å². The van der Waals surface area contributed by atoms with Gasteiger partial charge in [-0.05, 0) is 25.1 Å². The van der Waals surface area contributed by atoms with E-state index < -0.39 is 0 Å². The predicted octanol–water partition coefficient (Wildman–Crippen LogP) is 2.22. The third-order valence-corrected chi connectivity index (χ3v) is 3.51. The molecule has 1 heterocycles. The second kappa shape index (κ2) is 5.53. The van der Waals surface area contributed by atoms with Crippen molar-refractivity contribution in [1.82, 2.24) is 14.5 Å². The van der Waals surface area contributed by atoms with Crippen molar-refractivity contribution in [2.24, 2.45) is 0 Å². The first-order valence-corrected chi connectivity index (χ1v) is 6.93. The van der Waals surface area contributed by atoms with Crippen LogP contribution in [0.25, 0.3) is 11.0 Å². The van der Waals surface area contributed by atoms with Crippen LogP contribution in [0.2, 0.25) is 0 Å². The zero-order valence-electron chi connectivity index (χ0n) is 12.6. The van der Waals surface area contributed by atoms with Crippen LogP contribution in [-0.4, -0.2) is 34.0 Å². The Morgan fingerprint density at radius 2 is 2.15 bits per heavy atom. The fraction of sp³-hybridized carbons (Fsp3) is 0.467. The molecule has 0 aliphatic carbocycles. The van der Waals surface area contributed by atoms with Gasteiger partial charge >= 0.3 is 0 Å². The van der Waals surface area contributed by atoms with Crippen molar-refractivity contribution in [2.45, 2.75) is 33.2 Å². The van der Waals surface area contributed by atoms with Crippen LogP contribution in [0.4, 0.5) is 5.69 Å². The van der Waals surface area contributed by atoms with Gasteiger partial charge in [0.2, 0.25) is 5.91 Å². The van der Waals surface area contributed by atoms with Crippen molar-refractivity contribution in [3.63, 3.8) is 0 Å². The van der Waals surface area contributed by atoms with Crippen LogP contribution in [-0.2, 0) is 11.3 Å². The number of hydrogen-bond donors (Lipinski definition) is 1. The summed E-state index contributed by atoms with van der Waals surface area (Å²) >= 11 is 0. The van der Waals surface area contributed by atoms with Crippen LogP contribution in [0.15, 0.2) is 18.2 Å². The van der Waals surface area contributed by atoms with E-state index in [4.69, 9.17) is 5.73 Å². The summed E-state index contributed by atoms with van der Waals surface area (Å²) in [7, 11) is 1.81. The van der Waals surface area contributed by atoms with E-state index in [0.717, 1.165) is 16.9 Å². The van der Waals surface area contributed by atoms with E-state index in [2.05, 4.69) is 18.8 Å². The molecule has 0 radical (unpaired) electrons. The van der Waals surface area contributed by atoms with Gasteiger partial charge in [0.15, 0.2) is 0 Å². The van der Waals surface area contributed by atoms with Gasteiger partial charge in [0, 0.05) is 25.2 Å². The quantitative estimate of drug-likeness (QED) is 0.869.